The second-order valence-electron chi connectivity index (χ2n) is 5.74. The number of aliphatic hydroxyl groups is 1. The van der Waals surface area contributed by atoms with Crippen LogP contribution in [-0.2, 0) is 41.8 Å². The predicted molar refractivity (Wildman–Crippen MR) is 101 cm³/mol. The van der Waals surface area contributed by atoms with Gasteiger partial charge < -0.3 is 42.1 Å². The van der Waals surface area contributed by atoms with E-state index >= 15 is 0 Å². The first kappa shape index (κ1) is 27.1. The lowest BCUT2D eigenvalue weighted by atomic mass is 10.3. The fraction of sp³-hybridized carbons (Fsp3) is 0.824. The second kappa shape index (κ2) is 13.4. The van der Waals surface area contributed by atoms with E-state index in [4.69, 9.17) is 37.0 Å². The van der Waals surface area contributed by atoms with Crippen LogP contribution in [0.5, 0.6) is 0 Å². The maximum absolute atomic E-state index is 11.8. The molecule has 166 valence electrons. The number of carbonyl (C=O) groups excluding carboxylic acids is 1. The highest BCUT2D eigenvalue weighted by Gasteiger charge is 2.65. The summed E-state index contributed by atoms with van der Waals surface area (Å²) < 4.78 is 43.9. The van der Waals surface area contributed by atoms with Crippen LogP contribution < -0.4 is 0 Å². The van der Waals surface area contributed by atoms with E-state index in [1.54, 1.807) is 0 Å². The van der Waals surface area contributed by atoms with Crippen LogP contribution in [0.1, 0.15) is 26.7 Å². The third-order valence-electron chi connectivity index (χ3n) is 3.93. The highest BCUT2D eigenvalue weighted by molar-refractivity contribution is 6.63. The summed E-state index contributed by atoms with van der Waals surface area (Å²) in [6, 6.07) is 0. The van der Waals surface area contributed by atoms with Crippen molar-refractivity contribution in [2.24, 2.45) is 0 Å². The van der Waals surface area contributed by atoms with Gasteiger partial charge in [-0.3, -0.25) is 0 Å². The molecule has 2 atom stereocenters. The van der Waals surface area contributed by atoms with Crippen LogP contribution in [0.2, 0.25) is 0 Å². The third-order valence-corrected chi connectivity index (χ3v) is 6.91. The Morgan fingerprint density at radius 3 is 2.00 bits per heavy atom. The minimum absolute atomic E-state index is 0.00871. The molecule has 0 fully saturated rings. The van der Waals surface area contributed by atoms with Crippen molar-refractivity contribution in [3.8, 4) is 0 Å². The Kier molecular flexibility index (Phi) is 12.9. The predicted octanol–water partition coefficient (Wildman–Crippen LogP) is 0.990. The number of hydrogen-bond acceptors (Lipinski definition) is 10. The Labute approximate surface area is 168 Å². The highest BCUT2D eigenvalue weighted by atomic mass is 28.4. The minimum atomic E-state index is -3.64. The lowest BCUT2D eigenvalue weighted by Gasteiger charge is -2.40. The third kappa shape index (κ3) is 6.86. The standard InChI is InChI=1S/C17H34O10Si/c1-9-14(26-15(10-11-18)27-16(19)13(2)3)12-25-28(23-7,24-8)17(20-4,21-5)22-6/h14-15,18H,2,9-12H2,1,3-8H3. The van der Waals surface area contributed by atoms with E-state index in [1.165, 1.54) is 42.5 Å². The van der Waals surface area contributed by atoms with Crippen LogP contribution in [-0.4, -0.2) is 86.6 Å². The molecule has 0 saturated heterocycles. The summed E-state index contributed by atoms with van der Waals surface area (Å²) in [6.07, 6.45) is -0.842. The topological polar surface area (TPSA) is 111 Å². The summed E-state index contributed by atoms with van der Waals surface area (Å²) >= 11 is 0. The van der Waals surface area contributed by atoms with Gasteiger partial charge in [-0.15, -0.1) is 0 Å². The number of esters is 1. The van der Waals surface area contributed by atoms with Crippen LogP contribution >= 0.6 is 0 Å². The van der Waals surface area contributed by atoms with Crippen molar-refractivity contribution < 1.29 is 46.9 Å². The molecule has 0 radical (unpaired) electrons. The number of hydrogen-bond donors (Lipinski definition) is 1. The van der Waals surface area contributed by atoms with Gasteiger partial charge in [-0.05, 0) is 13.3 Å². The number of methoxy groups -OCH3 is 3. The van der Waals surface area contributed by atoms with Crippen LogP contribution in [0.25, 0.3) is 0 Å². The number of ether oxygens (including phenoxy) is 5. The molecule has 0 aliphatic carbocycles. The Morgan fingerprint density at radius 2 is 1.64 bits per heavy atom. The first-order valence-electron chi connectivity index (χ1n) is 8.77. The molecule has 11 heteroatoms. The molecule has 0 rings (SSSR count). The normalized spacial score (nSPS) is 14.6. The van der Waals surface area contributed by atoms with Gasteiger partial charge in [-0.25, -0.2) is 4.79 Å². The van der Waals surface area contributed by atoms with E-state index in [1.807, 2.05) is 6.92 Å². The molecule has 0 aromatic rings. The quantitative estimate of drug-likeness (QED) is 0.166. The lowest BCUT2D eigenvalue weighted by Crippen LogP contribution is -2.67. The van der Waals surface area contributed by atoms with Crippen LogP contribution in [0.3, 0.4) is 0 Å². The maximum atomic E-state index is 11.8. The average molecular weight is 427 g/mol. The molecule has 0 spiro atoms. The van der Waals surface area contributed by atoms with Crippen molar-refractivity contribution in [1.82, 2.24) is 0 Å². The van der Waals surface area contributed by atoms with E-state index < -0.39 is 32.8 Å². The van der Waals surface area contributed by atoms with Gasteiger partial charge in [-0.2, -0.15) is 0 Å². The molecule has 0 amide bonds. The average Bonchev–Trinajstić information content (AvgIpc) is 2.70. The summed E-state index contributed by atoms with van der Waals surface area (Å²) in [7, 11) is 3.27. The van der Waals surface area contributed by atoms with Crippen LogP contribution in [0.4, 0.5) is 0 Å². The minimum Gasteiger partial charge on any atom is -0.432 e. The molecule has 2 unspecified atom stereocenters. The van der Waals surface area contributed by atoms with Gasteiger partial charge in [0.05, 0.1) is 12.7 Å². The lowest BCUT2D eigenvalue weighted by molar-refractivity contribution is -0.328. The van der Waals surface area contributed by atoms with E-state index in [2.05, 4.69) is 6.58 Å². The molecule has 28 heavy (non-hydrogen) atoms. The van der Waals surface area contributed by atoms with Crippen molar-refractivity contribution in [3.63, 3.8) is 0 Å². The highest BCUT2D eigenvalue weighted by Crippen LogP contribution is 2.29. The zero-order valence-corrected chi connectivity index (χ0v) is 18.8. The monoisotopic (exact) mass is 426 g/mol. The van der Waals surface area contributed by atoms with Gasteiger partial charge in [0.2, 0.25) is 6.29 Å². The first-order chi connectivity index (χ1) is 13.2. The smallest absolute Gasteiger partial charge is 0.432 e. The van der Waals surface area contributed by atoms with E-state index in [-0.39, 0.29) is 25.2 Å². The van der Waals surface area contributed by atoms with Crippen molar-refractivity contribution in [3.05, 3.63) is 12.2 Å². The van der Waals surface area contributed by atoms with Gasteiger partial charge in [0, 0.05) is 54.1 Å². The number of aliphatic hydroxyl groups excluding tert-OH is 1. The molecule has 0 saturated carbocycles. The molecule has 10 nitrogen and oxygen atoms in total. The molecule has 0 bridgehead atoms. The fourth-order valence-corrected chi connectivity index (χ4v) is 4.55. The van der Waals surface area contributed by atoms with Gasteiger partial charge in [-0.1, -0.05) is 13.5 Å². The summed E-state index contributed by atoms with van der Waals surface area (Å²) in [5, 5.41) is 9.20. The number of carbonyl (C=O) groups is 1. The fourth-order valence-electron chi connectivity index (χ4n) is 2.32. The van der Waals surface area contributed by atoms with E-state index in [9.17, 15) is 9.90 Å². The number of rotatable bonds is 16. The van der Waals surface area contributed by atoms with Crippen LogP contribution in [0.15, 0.2) is 12.2 Å². The molecule has 0 aliphatic rings. The van der Waals surface area contributed by atoms with Gasteiger partial charge >= 0.3 is 20.4 Å². The Morgan fingerprint density at radius 1 is 1.11 bits per heavy atom. The Balaban J connectivity index is 5.28. The van der Waals surface area contributed by atoms with Crippen molar-refractivity contribution in [2.75, 3.05) is 48.8 Å². The Bertz CT molecular complexity index is 457. The van der Waals surface area contributed by atoms with Crippen LogP contribution in [0, 0.1) is 0 Å². The summed E-state index contributed by atoms with van der Waals surface area (Å²) in [6.45, 7) is 6.70. The summed E-state index contributed by atoms with van der Waals surface area (Å²) in [5.41, 5.74) is -1.45. The second-order valence-corrected chi connectivity index (χ2v) is 8.57. The largest absolute Gasteiger partial charge is 0.596 e. The molecule has 0 aliphatic heterocycles. The van der Waals surface area contributed by atoms with Crippen molar-refractivity contribution in [2.45, 2.75) is 44.7 Å². The summed E-state index contributed by atoms with van der Waals surface area (Å²) in [4.78, 5) is 11.8. The van der Waals surface area contributed by atoms with E-state index in [0.717, 1.165) is 0 Å². The van der Waals surface area contributed by atoms with Crippen molar-refractivity contribution >= 4 is 14.8 Å². The van der Waals surface area contributed by atoms with E-state index in [0.29, 0.717) is 6.42 Å². The van der Waals surface area contributed by atoms with Gasteiger partial charge in [0.15, 0.2) is 0 Å². The van der Waals surface area contributed by atoms with Crippen molar-refractivity contribution in [1.29, 1.82) is 0 Å². The SMILES string of the molecule is C=C(C)C(=O)OC(CCO)OC(CC)CO[Si](OC)(OC)C(OC)(OC)OC. The maximum Gasteiger partial charge on any atom is 0.596 e. The Hall–Kier alpha value is -0.893. The first-order valence-corrected chi connectivity index (χ1v) is 10.5. The molecule has 0 aromatic heterocycles. The molecular weight excluding hydrogens is 392 g/mol. The molecule has 0 aromatic carbocycles. The van der Waals surface area contributed by atoms with Gasteiger partial charge in [0.25, 0.3) is 0 Å². The van der Waals surface area contributed by atoms with Gasteiger partial charge in [0.1, 0.15) is 0 Å². The molecule has 0 heterocycles. The zero-order chi connectivity index (χ0) is 21.8. The zero-order valence-electron chi connectivity index (χ0n) is 17.8. The molecular formula is C17H34O10Si. The molecule has 1 N–H and O–H groups in total. The summed E-state index contributed by atoms with van der Waals surface area (Å²) in [5.74, 6) is -0.608.